The second kappa shape index (κ2) is 12.7. The highest BCUT2D eigenvalue weighted by atomic mass is 32.1. The smallest absolute Gasteiger partial charge is 0.313 e. The topological polar surface area (TPSA) is 71.6 Å². The van der Waals surface area contributed by atoms with Crippen molar-refractivity contribution in [3.63, 3.8) is 0 Å². The van der Waals surface area contributed by atoms with E-state index < -0.39 is 0 Å². The molecule has 0 atom stereocenters. The highest BCUT2D eigenvalue weighted by molar-refractivity contribution is 7.17. The lowest BCUT2D eigenvalue weighted by Gasteiger charge is -2.45. The number of nitrogens with one attached hydrogen (secondary N) is 1. The van der Waals surface area contributed by atoms with E-state index >= 15 is 0 Å². The van der Waals surface area contributed by atoms with Crippen LogP contribution in [0.2, 0.25) is 0 Å². The molecule has 2 fully saturated rings. The van der Waals surface area contributed by atoms with E-state index in [4.69, 9.17) is 9.47 Å². The molecule has 0 spiro atoms. The third-order valence-corrected chi connectivity index (χ3v) is 9.80. The van der Waals surface area contributed by atoms with Gasteiger partial charge in [0.1, 0.15) is 5.75 Å². The molecule has 0 unspecified atom stereocenters. The quantitative estimate of drug-likeness (QED) is 0.136. The number of rotatable bonds is 10. The number of anilines is 1. The Morgan fingerprint density at radius 3 is 2.68 bits per heavy atom. The van der Waals surface area contributed by atoms with Crippen LogP contribution in [0.5, 0.6) is 5.75 Å². The summed E-state index contributed by atoms with van der Waals surface area (Å²) < 4.78 is 14.2. The van der Waals surface area contributed by atoms with Crippen molar-refractivity contribution in [2.75, 3.05) is 51.0 Å². The average Bonchev–Trinajstić information content (AvgIpc) is 3.50. The van der Waals surface area contributed by atoms with Gasteiger partial charge in [-0.25, -0.2) is 0 Å². The van der Waals surface area contributed by atoms with Crippen molar-refractivity contribution in [3.05, 3.63) is 70.3 Å². The molecule has 7 nitrogen and oxygen atoms in total. The Kier molecular flexibility index (Phi) is 8.58. The van der Waals surface area contributed by atoms with Gasteiger partial charge in [0.15, 0.2) is 0 Å². The maximum Gasteiger partial charge on any atom is 0.313 e. The van der Waals surface area contributed by atoms with Gasteiger partial charge in [0.25, 0.3) is 0 Å². The molecule has 2 aliphatic rings. The summed E-state index contributed by atoms with van der Waals surface area (Å²) in [5.41, 5.74) is 1.99. The number of hydrogen-bond donors (Lipinski definition) is 1. The number of ether oxygens (including phenoxy) is 2. The maximum atomic E-state index is 12.9. The Hall–Kier alpha value is -3.36. The highest BCUT2D eigenvalue weighted by Crippen LogP contribution is 2.32. The average molecular weight is 575 g/mol. The molecule has 8 heteroatoms. The summed E-state index contributed by atoms with van der Waals surface area (Å²) >= 11 is 1.79. The summed E-state index contributed by atoms with van der Waals surface area (Å²) in [6.45, 7) is 5.84. The first-order valence-corrected chi connectivity index (χ1v) is 16.0. The number of aromatic nitrogens is 1. The summed E-state index contributed by atoms with van der Waals surface area (Å²) in [7, 11) is 0. The third kappa shape index (κ3) is 6.60. The van der Waals surface area contributed by atoms with Crippen LogP contribution in [-0.2, 0) is 9.53 Å². The van der Waals surface area contributed by atoms with Crippen molar-refractivity contribution in [1.29, 1.82) is 0 Å². The number of benzene rings is 2. The highest BCUT2D eigenvalue weighted by Gasteiger charge is 2.35. The number of fused-ring (bicyclic) bond motifs is 2. The van der Waals surface area contributed by atoms with Crippen LogP contribution in [0.3, 0.4) is 0 Å². The van der Waals surface area contributed by atoms with Gasteiger partial charge in [-0.05, 0) is 72.8 Å². The first kappa shape index (κ1) is 27.8. The van der Waals surface area contributed by atoms with Gasteiger partial charge in [-0.1, -0.05) is 25.3 Å². The van der Waals surface area contributed by atoms with Gasteiger partial charge in [0.2, 0.25) is 12.3 Å². The van der Waals surface area contributed by atoms with Crippen LogP contribution in [0.4, 0.5) is 5.69 Å². The van der Waals surface area contributed by atoms with Gasteiger partial charge in [-0.15, -0.1) is 11.3 Å². The molecular weight excluding hydrogens is 534 g/mol. The lowest BCUT2D eigenvalue weighted by atomic mass is 9.89. The Bertz CT molecular complexity index is 1530. The number of carbonyl (C=O) groups excluding carboxylic acids is 1. The van der Waals surface area contributed by atoms with Crippen molar-refractivity contribution in [3.8, 4) is 5.75 Å². The van der Waals surface area contributed by atoms with E-state index in [-0.39, 0.29) is 17.4 Å². The Balaban J connectivity index is 1.06. The molecule has 0 bridgehead atoms. The van der Waals surface area contributed by atoms with Gasteiger partial charge in [0, 0.05) is 27.9 Å². The fraction of sp³-hybridized carbons (Fsp3) is 0.455. The van der Waals surface area contributed by atoms with Crippen molar-refractivity contribution in [1.82, 2.24) is 4.98 Å². The van der Waals surface area contributed by atoms with E-state index in [0.717, 1.165) is 92.4 Å². The summed E-state index contributed by atoms with van der Waals surface area (Å²) in [6.07, 6.45) is 7.35. The van der Waals surface area contributed by atoms with Gasteiger partial charge in [-0.3, -0.25) is 14.1 Å². The number of aromatic amines is 1. The molecule has 0 amide bonds. The number of pyridine rings is 1. The van der Waals surface area contributed by atoms with Crippen LogP contribution < -0.4 is 15.2 Å². The summed E-state index contributed by atoms with van der Waals surface area (Å²) in [6, 6.07) is 18.0. The normalized spacial score (nSPS) is 17.6. The lowest BCUT2D eigenvalue weighted by Crippen LogP contribution is -2.61. The van der Waals surface area contributed by atoms with Crippen LogP contribution in [0.15, 0.2) is 64.8 Å². The van der Waals surface area contributed by atoms with Crippen LogP contribution in [-0.4, -0.2) is 61.5 Å². The molecule has 1 aliphatic heterocycles. The number of unbranched alkanes of at least 4 members (excludes halogenated alkanes) is 1. The third-order valence-electron chi connectivity index (χ3n) is 8.91. The summed E-state index contributed by atoms with van der Waals surface area (Å²) in [5.74, 6) is 0.845. The molecule has 1 aliphatic carbocycles. The predicted octanol–water partition coefficient (Wildman–Crippen LogP) is 6.32. The Morgan fingerprint density at radius 1 is 1.00 bits per heavy atom. The second-order valence-corrected chi connectivity index (χ2v) is 12.6. The van der Waals surface area contributed by atoms with Gasteiger partial charge in [0.05, 0.1) is 50.8 Å². The van der Waals surface area contributed by atoms with E-state index in [1.165, 1.54) is 28.3 Å². The number of piperazine rings is 1. The van der Waals surface area contributed by atoms with E-state index in [2.05, 4.69) is 39.5 Å². The number of thiophene rings is 1. The number of quaternary nitrogens is 1. The standard InChI is InChI=1S/C33H39N3O4S/c37-32-14-12-25-11-13-27(23-29(25)34-32)39-21-5-4-18-36(24-40-33(38)26-7-2-1-3-8-26)19-16-35(17-20-36)30-9-6-10-31-28(30)15-22-41-31/h6,9-15,22-23,26H,1-5,7-8,16-21,24H2/p+1. The van der Waals surface area contributed by atoms with Crippen LogP contribution in [0.25, 0.3) is 21.0 Å². The monoisotopic (exact) mass is 574 g/mol. The van der Waals surface area contributed by atoms with Crippen LogP contribution in [0, 0.1) is 5.92 Å². The minimum Gasteiger partial charge on any atom is -0.494 e. The van der Waals surface area contributed by atoms with E-state index in [9.17, 15) is 9.59 Å². The number of hydrogen-bond acceptors (Lipinski definition) is 6. The molecular formula is C33H40N3O4S+. The molecule has 2 aromatic carbocycles. The van der Waals surface area contributed by atoms with Crippen molar-refractivity contribution in [2.24, 2.45) is 5.92 Å². The first-order valence-electron chi connectivity index (χ1n) is 15.1. The molecule has 1 saturated carbocycles. The lowest BCUT2D eigenvalue weighted by molar-refractivity contribution is -0.944. The zero-order valence-electron chi connectivity index (χ0n) is 23.7. The fourth-order valence-electron chi connectivity index (χ4n) is 6.42. The number of nitrogens with zero attached hydrogens (tertiary/aromatic N) is 2. The van der Waals surface area contributed by atoms with E-state index in [1.54, 1.807) is 11.3 Å². The summed E-state index contributed by atoms with van der Waals surface area (Å²) in [4.78, 5) is 30.0. The zero-order valence-corrected chi connectivity index (χ0v) is 24.5. The van der Waals surface area contributed by atoms with Crippen LogP contribution in [0.1, 0.15) is 44.9 Å². The second-order valence-electron chi connectivity index (χ2n) is 11.7. The largest absolute Gasteiger partial charge is 0.494 e. The van der Waals surface area contributed by atoms with Crippen molar-refractivity contribution < 1.29 is 18.8 Å². The molecule has 1 saturated heterocycles. The molecule has 4 aromatic rings. The van der Waals surface area contributed by atoms with E-state index in [0.29, 0.717) is 13.3 Å². The Labute approximate surface area is 245 Å². The Morgan fingerprint density at radius 2 is 1.83 bits per heavy atom. The van der Waals surface area contributed by atoms with Gasteiger partial charge in [-0.2, -0.15) is 0 Å². The van der Waals surface area contributed by atoms with Gasteiger partial charge >= 0.3 is 5.97 Å². The fourth-order valence-corrected chi connectivity index (χ4v) is 7.22. The van der Waals surface area contributed by atoms with E-state index in [1.807, 2.05) is 24.3 Å². The maximum absolute atomic E-state index is 12.9. The predicted molar refractivity (Wildman–Crippen MR) is 166 cm³/mol. The first-order chi connectivity index (χ1) is 20.1. The minimum atomic E-state index is -0.111. The van der Waals surface area contributed by atoms with Crippen molar-refractivity contribution in [2.45, 2.75) is 44.9 Å². The molecule has 1 N–H and O–H groups in total. The zero-order chi connectivity index (χ0) is 28.1. The van der Waals surface area contributed by atoms with Gasteiger partial charge < -0.3 is 19.4 Å². The van der Waals surface area contributed by atoms with Crippen molar-refractivity contribution >= 4 is 44.0 Å². The molecule has 2 aromatic heterocycles. The summed E-state index contributed by atoms with van der Waals surface area (Å²) in [5, 5.41) is 4.49. The number of H-pyrrole nitrogens is 1. The number of carbonyl (C=O) groups is 1. The molecule has 216 valence electrons. The minimum absolute atomic E-state index is 0.00495. The SMILES string of the molecule is O=C(OC[N+]1(CCCCOc2ccc3ccc(=O)[nH]c3c2)CCN(c2cccc3sccc23)CC1)C1CCCCC1. The molecule has 3 heterocycles. The molecule has 6 rings (SSSR count). The van der Waals surface area contributed by atoms with Crippen LogP contribution >= 0.6 is 11.3 Å². The molecule has 41 heavy (non-hydrogen) atoms. The molecule has 0 radical (unpaired) electrons. The number of esters is 1.